The molecule has 1 aromatic carbocycles. The zero-order chi connectivity index (χ0) is 21.6. The smallest absolute Gasteiger partial charge is 0.349 e. The summed E-state index contributed by atoms with van der Waals surface area (Å²) in [6.07, 6.45) is 1.50. The maximum Gasteiger partial charge on any atom is 0.349 e. The van der Waals surface area contributed by atoms with Crippen LogP contribution in [-0.4, -0.2) is 23.1 Å². The van der Waals surface area contributed by atoms with Gasteiger partial charge in [-0.1, -0.05) is 31.5 Å². The lowest BCUT2D eigenvalue weighted by Gasteiger charge is -2.12. The van der Waals surface area contributed by atoms with Gasteiger partial charge in [0.2, 0.25) is 0 Å². The van der Waals surface area contributed by atoms with Gasteiger partial charge in [-0.3, -0.25) is 4.79 Å². The van der Waals surface area contributed by atoms with Gasteiger partial charge in [-0.25, -0.2) is 4.79 Å². The van der Waals surface area contributed by atoms with E-state index in [4.69, 9.17) is 16.3 Å². The average Bonchev–Trinajstić information content (AvgIpc) is 2.91. The van der Waals surface area contributed by atoms with Crippen LogP contribution < -0.4 is 5.32 Å². The van der Waals surface area contributed by atoms with Crippen LogP contribution >= 0.6 is 11.6 Å². The van der Waals surface area contributed by atoms with Crippen LogP contribution in [0.4, 0.5) is 5.69 Å². The minimum atomic E-state index is -0.845. The molecular weight excluding hydrogens is 390 g/mol. The molecule has 0 aliphatic carbocycles. The highest BCUT2D eigenvalue weighted by molar-refractivity contribution is 6.30. The zero-order valence-electron chi connectivity index (χ0n) is 17.0. The summed E-state index contributed by atoms with van der Waals surface area (Å²) in [4.78, 5) is 24.2. The molecule has 29 heavy (non-hydrogen) atoms. The Labute approximate surface area is 175 Å². The first-order valence-electron chi connectivity index (χ1n) is 9.22. The third kappa shape index (κ3) is 6.23. The molecule has 1 heterocycles. The largest absolute Gasteiger partial charge is 0.451 e. The minimum absolute atomic E-state index is 0.162. The standard InChI is InChI=1S/C22H24ClN3O3/c1-14(2)12-26-15(3)8-17(16(26)4)9-18(11-24)22(28)29-13-21(27)25-20-7-5-6-19(23)10-20/h5-10,14H,12-13H2,1-4H3,(H,25,27)/b18-9+. The van der Waals surface area contributed by atoms with Gasteiger partial charge in [-0.15, -0.1) is 0 Å². The molecule has 0 atom stereocenters. The molecule has 2 aromatic rings. The molecule has 0 saturated carbocycles. The van der Waals surface area contributed by atoms with E-state index < -0.39 is 18.5 Å². The van der Waals surface area contributed by atoms with Crippen molar-refractivity contribution in [2.24, 2.45) is 5.92 Å². The molecule has 0 aliphatic heterocycles. The number of benzene rings is 1. The minimum Gasteiger partial charge on any atom is -0.451 e. The molecule has 2 rings (SSSR count). The number of carbonyl (C=O) groups excluding carboxylic acids is 2. The van der Waals surface area contributed by atoms with E-state index in [2.05, 4.69) is 23.7 Å². The van der Waals surface area contributed by atoms with Crippen LogP contribution in [-0.2, 0) is 20.9 Å². The second-order valence-electron chi connectivity index (χ2n) is 7.14. The molecule has 0 bridgehead atoms. The first kappa shape index (κ1) is 22.3. The number of nitrogens with zero attached hydrogens (tertiary/aromatic N) is 2. The molecule has 0 spiro atoms. The zero-order valence-corrected chi connectivity index (χ0v) is 17.7. The first-order valence-corrected chi connectivity index (χ1v) is 9.60. The maximum absolute atomic E-state index is 12.2. The lowest BCUT2D eigenvalue weighted by atomic mass is 10.1. The Morgan fingerprint density at radius 1 is 1.31 bits per heavy atom. The highest BCUT2D eigenvalue weighted by atomic mass is 35.5. The first-order chi connectivity index (χ1) is 13.7. The van der Waals surface area contributed by atoms with E-state index in [0.717, 1.165) is 23.5 Å². The summed E-state index contributed by atoms with van der Waals surface area (Å²) in [5.41, 5.74) is 3.13. The number of hydrogen-bond donors (Lipinski definition) is 1. The quantitative estimate of drug-likeness (QED) is 0.411. The number of nitrogens with one attached hydrogen (secondary N) is 1. The summed E-state index contributed by atoms with van der Waals surface area (Å²) < 4.78 is 7.14. The molecule has 0 saturated heterocycles. The number of ether oxygens (including phenoxy) is 1. The number of nitriles is 1. The van der Waals surface area contributed by atoms with E-state index in [0.29, 0.717) is 16.6 Å². The van der Waals surface area contributed by atoms with Crippen LogP contribution in [0.2, 0.25) is 5.02 Å². The fourth-order valence-corrected chi connectivity index (χ4v) is 3.07. The van der Waals surface area contributed by atoms with E-state index in [-0.39, 0.29) is 5.57 Å². The summed E-state index contributed by atoms with van der Waals surface area (Å²) in [7, 11) is 0. The molecular formula is C22H24ClN3O3. The van der Waals surface area contributed by atoms with Gasteiger partial charge in [-0.05, 0) is 55.7 Å². The average molecular weight is 414 g/mol. The summed E-state index contributed by atoms with van der Waals surface area (Å²) in [6, 6.07) is 10.4. The van der Waals surface area contributed by atoms with Crippen molar-refractivity contribution in [1.29, 1.82) is 5.26 Å². The maximum atomic E-state index is 12.2. The van der Waals surface area contributed by atoms with Crippen molar-refractivity contribution in [3.05, 3.63) is 57.9 Å². The summed E-state index contributed by atoms with van der Waals surface area (Å²) >= 11 is 5.86. The fraction of sp³-hybridized carbons (Fsp3) is 0.318. The number of anilines is 1. The predicted molar refractivity (Wildman–Crippen MR) is 113 cm³/mol. The normalized spacial score (nSPS) is 11.3. The number of halogens is 1. The topological polar surface area (TPSA) is 84.1 Å². The van der Waals surface area contributed by atoms with Gasteiger partial charge < -0.3 is 14.6 Å². The lowest BCUT2D eigenvalue weighted by molar-refractivity contribution is -0.142. The van der Waals surface area contributed by atoms with Gasteiger partial charge in [-0.2, -0.15) is 5.26 Å². The Balaban J connectivity index is 2.05. The number of aromatic nitrogens is 1. The highest BCUT2D eigenvalue weighted by Crippen LogP contribution is 2.20. The van der Waals surface area contributed by atoms with E-state index in [1.54, 1.807) is 24.3 Å². The van der Waals surface area contributed by atoms with Crippen LogP contribution in [0.1, 0.15) is 30.8 Å². The van der Waals surface area contributed by atoms with E-state index in [9.17, 15) is 14.9 Å². The third-order valence-electron chi connectivity index (χ3n) is 4.24. The second kappa shape index (κ2) is 9.94. The Kier molecular flexibility index (Phi) is 7.63. The van der Waals surface area contributed by atoms with Gasteiger partial charge in [0, 0.05) is 28.6 Å². The molecule has 1 N–H and O–H groups in total. The van der Waals surface area contributed by atoms with Crippen molar-refractivity contribution in [3.8, 4) is 6.07 Å². The Morgan fingerprint density at radius 2 is 2.03 bits per heavy atom. The van der Waals surface area contributed by atoms with Crippen molar-refractivity contribution < 1.29 is 14.3 Å². The molecule has 0 aliphatic rings. The monoisotopic (exact) mass is 413 g/mol. The highest BCUT2D eigenvalue weighted by Gasteiger charge is 2.16. The van der Waals surface area contributed by atoms with Gasteiger partial charge in [0.25, 0.3) is 5.91 Å². The molecule has 0 fully saturated rings. The van der Waals surface area contributed by atoms with Gasteiger partial charge in [0.1, 0.15) is 11.6 Å². The van der Waals surface area contributed by atoms with Crippen LogP contribution in [0.5, 0.6) is 0 Å². The van der Waals surface area contributed by atoms with Crippen molar-refractivity contribution in [1.82, 2.24) is 4.57 Å². The van der Waals surface area contributed by atoms with Crippen LogP contribution in [0.25, 0.3) is 6.08 Å². The van der Waals surface area contributed by atoms with E-state index in [1.807, 2.05) is 26.0 Å². The van der Waals surface area contributed by atoms with Gasteiger partial charge >= 0.3 is 5.97 Å². The molecule has 0 unspecified atom stereocenters. The van der Waals surface area contributed by atoms with Crippen LogP contribution in [0.3, 0.4) is 0 Å². The van der Waals surface area contributed by atoms with Crippen LogP contribution in [0, 0.1) is 31.1 Å². The lowest BCUT2D eigenvalue weighted by Crippen LogP contribution is -2.21. The SMILES string of the molecule is Cc1cc(/C=C(\C#N)C(=O)OCC(=O)Nc2cccc(Cl)c2)c(C)n1CC(C)C. The van der Waals surface area contributed by atoms with Crippen LogP contribution in [0.15, 0.2) is 35.9 Å². The van der Waals surface area contributed by atoms with Gasteiger partial charge in [0.05, 0.1) is 0 Å². The molecule has 1 aromatic heterocycles. The Morgan fingerprint density at radius 3 is 2.66 bits per heavy atom. The van der Waals surface area contributed by atoms with E-state index >= 15 is 0 Å². The number of hydrogen-bond acceptors (Lipinski definition) is 4. The van der Waals surface area contributed by atoms with Crippen molar-refractivity contribution >= 4 is 35.2 Å². The van der Waals surface area contributed by atoms with Crippen molar-refractivity contribution in [2.75, 3.05) is 11.9 Å². The molecule has 152 valence electrons. The molecule has 1 amide bonds. The predicted octanol–water partition coefficient (Wildman–Crippen LogP) is 4.50. The number of aryl methyl sites for hydroxylation is 1. The Hall–Kier alpha value is -3.04. The van der Waals surface area contributed by atoms with Crippen molar-refractivity contribution in [3.63, 3.8) is 0 Å². The molecule has 0 radical (unpaired) electrons. The summed E-state index contributed by atoms with van der Waals surface area (Å²) in [5.74, 6) is -0.898. The third-order valence-corrected chi connectivity index (χ3v) is 4.48. The second-order valence-corrected chi connectivity index (χ2v) is 7.57. The van der Waals surface area contributed by atoms with E-state index in [1.165, 1.54) is 6.08 Å². The number of amides is 1. The van der Waals surface area contributed by atoms with Crippen molar-refractivity contribution in [2.45, 2.75) is 34.2 Å². The fourth-order valence-electron chi connectivity index (χ4n) is 2.88. The Bertz CT molecular complexity index is 984. The summed E-state index contributed by atoms with van der Waals surface area (Å²) in [5, 5.41) is 12.4. The molecule has 7 heteroatoms. The van der Waals surface area contributed by atoms with Gasteiger partial charge in [0.15, 0.2) is 6.61 Å². The molecule has 6 nitrogen and oxygen atoms in total. The number of carbonyl (C=O) groups is 2. The number of rotatable bonds is 7. The summed E-state index contributed by atoms with van der Waals surface area (Å²) in [6.45, 7) is 8.53. The number of esters is 1.